The molecule has 21 heavy (non-hydrogen) atoms. The summed E-state index contributed by atoms with van der Waals surface area (Å²) in [5, 5.41) is 0.747. The molecule has 0 heterocycles. The number of rotatable bonds is 4. The van der Waals surface area contributed by atoms with E-state index in [1.54, 1.807) is 12.1 Å². The van der Waals surface area contributed by atoms with Crippen LogP contribution in [-0.4, -0.2) is 5.33 Å². The lowest BCUT2D eigenvalue weighted by Gasteiger charge is -2.17. The molecule has 0 spiro atoms. The molecule has 0 aliphatic carbocycles. The van der Waals surface area contributed by atoms with E-state index in [1.165, 1.54) is 0 Å². The Labute approximate surface area is 138 Å². The molecule has 1 unspecified atom stereocenters. The van der Waals surface area contributed by atoms with Crippen molar-refractivity contribution >= 4 is 31.9 Å². The lowest BCUT2D eigenvalue weighted by molar-refractivity contribution is -0.137. The molecule has 0 saturated heterocycles. The molecular weight excluding hydrogens is 409 g/mol. The van der Waals surface area contributed by atoms with Crippen molar-refractivity contribution in [3.05, 3.63) is 69.7 Å². The van der Waals surface area contributed by atoms with E-state index >= 15 is 0 Å². The Morgan fingerprint density at radius 3 is 2.10 bits per heavy atom. The van der Waals surface area contributed by atoms with E-state index in [-0.39, 0.29) is 5.92 Å². The predicted molar refractivity (Wildman–Crippen MR) is 85.8 cm³/mol. The van der Waals surface area contributed by atoms with Gasteiger partial charge in [0, 0.05) is 9.80 Å². The molecule has 0 amide bonds. The van der Waals surface area contributed by atoms with E-state index in [0.29, 0.717) is 6.42 Å². The van der Waals surface area contributed by atoms with Crippen molar-refractivity contribution < 1.29 is 13.2 Å². The van der Waals surface area contributed by atoms with E-state index < -0.39 is 11.7 Å². The molecule has 2 aromatic rings. The fourth-order valence-electron chi connectivity index (χ4n) is 2.17. The van der Waals surface area contributed by atoms with E-state index in [4.69, 9.17) is 0 Å². The van der Waals surface area contributed by atoms with Gasteiger partial charge in [0.15, 0.2) is 0 Å². The average molecular weight is 422 g/mol. The van der Waals surface area contributed by atoms with Crippen LogP contribution in [0.4, 0.5) is 13.2 Å². The fourth-order valence-corrected chi connectivity index (χ4v) is 3.35. The molecule has 0 bridgehead atoms. The molecule has 0 aromatic heterocycles. The molecule has 0 aliphatic heterocycles. The number of halogens is 5. The molecule has 2 rings (SSSR count). The van der Waals surface area contributed by atoms with E-state index in [0.717, 1.165) is 33.1 Å². The molecule has 0 saturated carbocycles. The van der Waals surface area contributed by atoms with Gasteiger partial charge in [-0.3, -0.25) is 0 Å². The van der Waals surface area contributed by atoms with Crippen LogP contribution in [-0.2, 0) is 12.6 Å². The van der Waals surface area contributed by atoms with Gasteiger partial charge in [-0.15, -0.1) is 0 Å². The summed E-state index contributed by atoms with van der Waals surface area (Å²) >= 11 is 7.01. The Bertz CT molecular complexity index is 591. The Kier molecular flexibility index (Phi) is 5.49. The van der Waals surface area contributed by atoms with E-state index in [9.17, 15) is 13.2 Å². The zero-order valence-corrected chi connectivity index (χ0v) is 14.2. The highest BCUT2D eigenvalue weighted by molar-refractivity contribution is 9.10. The Morgan fingerprint density at radius 2 is 1.57 bits per heavy atom. The zero-order valence-electron chi connectivity index (χ0n) is 11.0. The number of hydrogen-bond donors (Lipinski definition) is 0. The highest BCUT2D eigenvalue weighted by atomic mass is 79.9. The van der Waals surface area contributed by atoms with Crippen molar-refractivity contribution in [2.75, 3.05) is 5.33 Å². The summed E-state index contributed by atoms with van der Waals surface area (Å²) in [4.78, 5) is 0. The van der Waals surface area contributed by atoms with Crippen LogP contribution in [0, 0.1) is 0 Å². The predicted octanol–water partition coefficient (Wildman–Crippen LogP) is 6.19. The summed E-state index contributed by atoms with van der Waals surface area (Å²) in [6.07, 6.45) is -3.60. The maximum absolute atomic E-state index is 12.6. The third-order valence-corrected chi connectivity index (χ3v) is 4.80. The summed E-state index contributed by atoms with van der Waals surface area (Å²) in [5.74, 6) is 0.206. The third-order valence-electron chi connectivity index (χ3n) is 3.29. The monoisotopic (exact) mass is 420 g/mol. The van der Waals surface area contributed by atoms with Gasteiger partial charge in [0.05, 0.1) is 5.56 Å². The molecule has 2 aromatic carbocycles. The fraction of sp³-hybridized carbons (Fsp3) is 0.250. The van der Waals surface area contributed by atoms with Gasteiger partial charge in [-0.2, -0.15) is 13.2 Å². The highest BCUT2D eigenvalue weighted by Gasteiger charge is 2.30. The standard InChI is InChI=1S/C16H13Br2F3/c17-10-12(14-3-1-2-4-15(14)18)9-11-5-7-13(8-6-11)16(19,20)21/h1-8,12H,9-10H2. The summed E-state index contributed by atoms with van der Waals surface area (Å²) in [6.45, 7) is 0. The number of hydrogen-bond acceptors (Lipinski definition) is 0. The molecule has 5 heteroatoms. The van der Waals surface area contributed by atoms with Crippen LogP contribution in [0.15, 0.2) is 53.0 Å². The summed E-state index contributed by atoms with van der Waals surface area (Å²) in [5.41, 5.74) is 1.43. The Morgan fingerprint density at radius 1 is 0.952 bits per heavy atom. The van der Waals surface area contributed by atoms with Gasteiger partial charge in [-0.05, 0) is 41.7 Å². The second-order valence-electron chi connectivity index (χ2n) is 4.77. The average Bonchev–Trinajstić information content (AvgIpc) is 2.45. The van der Waals surface area contributed by atoms with Crippen molar-refractivity contribution in [3.8, 4) is 0 Å². The maximum atomic E-state index is 12.6. The number of benzene rings is 2. The van der Waals surface area contributed by atoms with Gasteiger partial charge in [0.25, 0.3) is 0 Å². The Hall–Kier alpha value is -0.810. The van der Waals surface area contributed by atoms with Crippen LogP contribution in [0.2, 0.25) is 0 Å². The van der Waals surface area contributed by atoms with Gasteiger partial charge >= 0.3 is 6.18 Å². The second-order valence-corrected chi connectivity index (χ2v) is 6.27. The van der Waals surface area contributed by atoms with Crippen LogP contribution < -0.4 is 0 Å². The van der Waals surface area contributed by atoms with Gasteiger partial charge in [-0.25, -0.2) is 0 Å². The van der Waals surface area contributed by atoms with Crippen LogP contribution in [0.3, 0.4) is 0 Å². The quantitative estimate of drug-likeness (QED) is 0.516. The van der Waals surface area contributed by atoms with Gasteiger partial charge in [-0.1, -0.05) is 62.2 Å². The SMILES string of the molecule is FC(F)(F)c1ccc(CC(CBr)c2ccccc2Br)cc1. The van der Waals surface area contributed by atoms with E-state index in [1.807, 2.05) is 24.3 Å². The molecule has 0 fully saturated rings. The number of alkyl halides is 4. The largest absolute Gasteiger partial charge is 0.416 e. The van der Waals surface area contributed by atoms with Crippen molar-refractivity contribution in [1.82, 2.24) is 0 Å². The summed E-state index contributed by atoms with van der Waals surface area (Å²) in [6, 6.07) is 13.3. The molecular formula is C16H13Br2F3. The summed E-state index contributed by atoms with van der Waals surface area (Å²) < 4.78 is 38.7. The van der Waals surface area contributed by atoms with Crippen LogP contribution in [0.1, 0.15) is 22.6 Å². The molecule has 0 nitrogen and oxygen atoms in total. The zero-order chi connectivity index (χ0) is 15.5. The first-order chi connectivity index (χ1) is 9.91. The minimum absolute atomic E-state index is 0.206. The maximum Gasteiger partial charge on any atom is 0.416 e. The van der Waals surface area contributed by atoms with Crippen molar-refractivity contribution in [3.63, 3.8) is 0 Å². The third kappa shape index (κ3) is 4.33. The Balaban J connectivity index is 2.18. The highest BCUT2D eigenvalue weighted by Crippen LogP contribution is 2.32. The lowest BCUT2D eigenvalue weighted by Crippen LogP contribution is -2.07. The first-order valence-corrected chi connectivity index (χ1v) is 8.30. The van der Waals surface area contributed by atoms with Crippen molar-refractivity contribution in [1.29, 1.82) is 0 Å². The van der Waals surface area contributed by atoms with Gasteiger partial charge < -0.3 is 0 Å². The first-order valence-electron chi connectivity index (χ1n) is 6.38. The van der Waals surface area contributed by atoms with Crippen LogP contribution >= 0.6 is 31.9 Å². The van der Waals surface area contributed by atoms with Gasteiger partial charge in [0.2, 0.25) is 0 Å². The topological polar surface area (TPSA) is 0 Å². The first kappa shape index (κ1) is 16.6. The molecule has 0 radical (unpaired) electrons. The smallest absolute Gasteiger partial charge is 0.166 e. The van der Waals surface area contributed by atoms with Crippen molar-refractivity contribution in [2.45, 2.75) is 18.5 Å². The normalized spacial score (nSPS) is 13.2. The molecule has 0 aliphatic rings. The molecule has 112 valence electrons. The summed E-state index contributed by atoms with van der Waals surface area (Å²) in [7, 11) is 0. The molecule has 1 atom stereocenters. The molecule has 0 N–H and O–H groups in total. The van der Waals surface area contributed by atoms with E-state index in [2.05, 4.69) is 31.9 Å². The lowest BCUT2D eigenvalue weighted by atomic mass is 9.93. The minimum Gasteiger partial charge on any atom is -0.166 e. The van der Waals surface area contributed by atoms with Crippen LogP contribution in [0.25, 0.3) is 0 Å². The van der Waals surface area contributed by atoms with Crippen molar-refractivity contribution in [2.24, 2.45) is 0 Å². The van der Waals surface area contributed by atoms with Crippen LogP contribution in [0.5, 0.6) is 0 Å². The van der Waals surface area contributed by atoms with Gasteiger partial charge in [0.1, 0.15) is 0 Å². The second kappa shape index (κ2) is 6.97. The minimum atomic E-state index is -4.28.